The summed E-state index contributed by atoms with van der Waals surface area (Å²) in [7, 11) is 0. The Balaban J connectivity index is 1.76. The molecule has 0 radical (unpaired) electrons. The molecule has 28 heavy (non-hydrogen) atoms. The van der Waals surface area contributed by atoms with E-state index in [4.69, 9.17) is 10.5 Å². The molecule has 0 aliphatic carbocycles. The SMILES string of the molecule is Cc1nc(/C=C/c2cccc(C#N)c2)sc1C(=O)/C=C\c1cccc(C#N)c1. The van der Waals surface area contributed by atoms with Crippen LogP contribution in [0.5, 0.6) is 0 Å². The first-order valence-electron chi connectivity index (χ1n) is 8.47. The van der Waals surface area contributed by atoms with Crippen LogP contribution in [0.2, 0.25) is 0 Å². The van der Waals surface area contributed by atoms with Crippen molar-refractivity contribution in [2.24, 2.45) is 0 Å². The molecule has 1 aromatic heterocycles. The van der Waals surface area contributed by atoms with Gasteiger partial charge in [0.05, 0.1) is 33.8 Å². The minimum atomic E-state index is -0.122. The largest absolute Gasteiger partial charge is 0.288 e. The molecule has 0 aliphatic heterocycles. The lowest BCUT2D eigenvalue weighted by Crippen LogP contribution is -1.93. The molecule has 3 aromatic rings. The van der Waals surface area contributed by atoms with Gasteiger partial charge >= 0.3 is 0 Å². The third-order valence-corrected chi connectivity index (χ3v) is 5.05. The van der Waals surface area contributed by atoms with Crippen molar-refractivity contribution in [2.75, 3.05) is 0 Å². The maximum atomic E-state index is 12.5. The maximum absolute atomic E-state index is 12.5. The van der Waals surface area contributed by atoms with Crippen molar-refractivity contribution in [3.8, 4) is 12.1 Å². The van der Waals surface area contributed by atoms with Crippen LogP contribution in [-0.4, -0.2) is 10.8 Å². The number of rotatable bonds is 5. The quantitative estimate of drug-likeness (QED) is 0.446. The third kappa shape index (κ3) is 4.67. The monoisotopic (exact) mass is 381 g/mol. The lowest BCUT2D eigenvalue weighted by atomic mass is 10.1. The molecule has 134 valence electrons. The number of aromatic nitrogens is 1. The van der Waals surface area contributed by atoms with Crippen LogP contribution >= 0.6 is 11.3 Å². The topological polar surface area (TPSA) is 77.5 Å². The fourth-order valence-corrected chi connectivity index (χ4v) is 3.45. The minimum absolute atomic E-state index is 0.122. The van der Waals surface area contributed by atoms with Crippen molar-refractivity contribution in [1.82, 2.24) is 4.98 Å². The summed E-state index contributed by atoms with van der Waals surface area (Å²) in [6.07, 6.45) is 6.91. The van der Waals surface area contributed by atoms with E-state index in [1.54, 1.807) is 36.4 Å². The number of hydrogen-bond acceptors (Lipinski definition) is 5. The van der Waals surface area contributed by atoms with Gasteiger partial charge in [-0.15, -0.1) is 11.3 Å². The van der Waals surface area contributed by atoms with Crippen molar-refractivity contribution in [3.63, 3.8) is 0 Å². The zero-order chi connectivity index (χ0) is 19.9. The molecule has 0 N–H and O–H groups in total. The lowest BCUT2D eigenvalue weighted by Gasteiger charge is -1.94. The number of carbonyl (C=O) groups excluding carboxylic acids is 1. The van der Waals surface area contributed by atoms with Crippen LogP contribution in [0, 0.1) is 29.6 Å². The van der Waals surface area contributed by atoms with Crippen molar-refractivity contribution in [1.29, 1.82) is 10.5 Å². The van der Waals surface area contributed by atoms with E-state index in [0.717, 1.165) is 16.1 Å². The summed E-state index contributed by atoms with van der Waals surface area (Å²) in [6, 6.07) is 18.5. The van der Waals surface area contributed by atoms with Crippen LogP contribution in [0.1, 0.15) is 42.6 Å². The molecule has 4 nitrogen and oxygen atoms in total. The van der Waals surface area contributed by atoms with Crippen LogP contribution in [0.3, 0.4) is 0 Å². The fraction of sp³-hybridized carbons (Fsp3) is 0.0435. The summed E-state index contributed by atoms with van der Waals surface area (Å²) in [6.45, 7) is 1.81. The van der Waals surface area contributed by atoms with E-state index in [2.05, 4.69) is 17.1 Å². The second-order valence-electron chi connectivity index (χ2n) is 5.97. The molecule has 0 aliphatic rings. The van der Waals surface area contributed by atoms with Crippen LogP contribution < -0.4 is 0 Å². The van der Waals surface area contributed by atoms with Crippen molar-refractivity contribution in [2.45, 2.75) is 6.92 Å². The van der Waals surface area contributed by atoms with Crippen LogP contribution in [0.15, 0.2) is 54.6 Å². The van der Waals surface area contributed by atoms with Gasteiger partial charge in [0.15, 0.2) is 5.78 Å². The Hall–Kier alpha value is -3.80. The van der Waals surface area contributed by atoms with Gasteiger partial charge in [0, 0.05) is 0 Å². The number of hydrogen-bond donors (Lipinski definition) is 0. The molecule has 3 rings (SSSR count). The highest BCUT2D eigenvalue weighted by atomic mass is 32.1. The zero-order valence-electron chi connectivity index (χ0n) is 15.1. The van der Waals surface area contributed by atoms with Crippen LogP contribution in [0.4, 0.5) is 0 Å². The van der Waals surface area contributed by atoms with Crippen LogP contribution in [0.25, 0.3) is 18.2 Å². The van der Waals surface area contributed by atoms with E-state index >= 15 is 0 Å². The Kier molecular flexibility index (Phi) is 5.91. The number of benzene rings is 2. The first-order valence-corrected chi connectivity index (χ1v) is 9.29. The molecule has 1 heterocycles. The van der Waals surface area contributed by atoms with E-state index in [-0.39, 0.29) is 5.78 Å². The number of thiazole rings is 1. The molecular formula is C23H15N3OS. The standard InChI is InChI=1S/C23H15N3OS/c1-16-23(21(27)10-8-17-4-2-6-19(12-17)14-24)28-22(26-16)11-9-18-5-3-7-20(13-18)15-25/h2-13H,1H3/b10-8-,11-9+. The molecule has 0 amide bonds. The molecule has 0 atom stereocenters. The molecule has 0 unspecified atom stereocenters. The first-order chi connectivity index (χ1) is 13.6. The fourth-order valence-electron chi connectivity index (χ4n) is 2.56. The second kappa shape index (κ2) is 8.73. The summed E-state index contributed by atoms with van der Waals surface area (Å²) < 4.78 is 0. The number of ketones is 1. The Morgan fingerprint density at radius 3 is 2.18 bits per heavy atom. The third-order valence-electron chi connectivity index (χ3n) is 3.91. The number of nitriles is 2. The summed E-state index contributed by atoms with van der Waals surface area (Å²) >= 11 is 1.32. The highest BCUT2D eigenvalue weighted by Gasteiger charge is 2.11. The smallest absolute Gasteiger partial charge is 0.197 e. The van der Waals surface area contributed by atoms with Gasteiger partial charge in [-0.2, -0.15) is 10.5 Å². The van der Waals surface area contributed by atoms with Crippen LogP contribution in [-0.2, 0) is 0 Å². The Bertz CT molecular complexity index is 1170. The molecule has 0 saturated heterocycles. The van der Waals surface area contributed by atoms with Gasteiger partial charge < -0.3 is 0 Å². The normalized spacial score (nSPS) is 10.8. The number of allylic oxidation sites excluding steroid dienone is 1. The van der Waals surface area contributed by atoms with Gasteiger partial charge in [-0.25, -0.2) is 4.98 Å². The van der Waals surface area contributed by atoms with Gasteiger partial charge in [0.2, 0.25) is 0 Å². The van der Waals surface area contributed by atoms with Crippen molar-refractivity contribution >= 4 is 35.3 Å². The second-order valence-corrected chi connectivity index (χ2v) is 7.00. The van der Waals surface area contributed by atoms with E-state index in [9.17, 15) is 4.79 Å². The number of aryl methyl sites for hydroxylation is 1. The van der Waals surface area contributed by atoms with E-state index in [1.165, 1.54) is 17.4 Å². The Labute approximate surface area is 167 Å². The highest BCUT2D eigenvalue weighted by molar-refractivity contribution is 7.14. The lowest BCUT2D eigenvalue weighted by molar-refractivity contribution is 0.105. The number of nitrogens with zero attached hydrogens (tertiary/aromatic N) is 3. The number of carbonyl (C=O) groups is 1. The maximum Gasteiger partial charge on any atom is 0.197 e. The molecule has 0 fully saturated rings. The van der Waals surface area contributed by atoms with Crippen molar-refractivity contribution in [3.05, 3.63) is 92.4 Å². The van der Waals surface area contributed by atoms with E-state index in [1.807, 2.05) is 37.3 Å². The van der Waals surface area contributed by atoms with Gasteiger partial charge in [-0.3, -0.25) is 4.79 Å². The van der Waals surface area contributed by atoms with Crippen molar-refractivity contribution < 1.29 is 4.79 Å². The molecule has 2 aromatic carbocycles. The Morgan fingerprint density at radius 2 is 1.57 bits per heavy atom. The summed E-state index contributed by atoms with van der Waals surface area (Å²) in [5, 5.41) is 18.6. The molecular weight excluding hydrogens is 366 g/mol. The minimum Gasteiger partial charge on any atom is -0.288 e. The van der Waals surface area contributed by atoms with Gasteiger partial charge in [-0.05, 0) is 54.5 Å². The summed E-state index contributed by atoms with van der Waals surface area (Å²) in [4.78, 5) is 17.5. The first kappa shape index (κ1) is 19.0. The van der Waals surface area contributed by atoms with Gasteiger partial charge in [0.1, 0.15) is 5.01 Å². The summed E-state index contributed by atoms with van der Waals surface area (Å²) in [5.41, 5.74) is 3.52. The predicted molar refractivity (Wildman–Crippen MR) is 111 cm³/mol. The average Bonchev–Trinajstić information content (AvgIpc) is 3.11. The molecule has 0 spiro atoms. The molecule has 0 bridgehead atoms. The Morgan fingerprint density at radius 1 is 0.964 bits per heavy atom. The van der Waals surface area contributed by atoms with Gasteiger partial charge in [-0.1, -0.05) is 36.4 Å². The summed E-state index contributed by atoms with van der Waals surface area (Å²) in [5.74, 6) is -0.122. The zero-order valence-corrected chi connectivity index (χ0v) is 15.9. The molecule has 0 saturated carbocycles. The average molecular weight is 381 g/mol. The highest BCUT2D eigenvalue weighted by Crippen LogP contribution is 2.22. The van der Waals surface area contributed by atoms with E-state index < -0.39 is 0 Å². The molecule has 5 heteroatoms. The predicted octanol–water partition coefficient (Wildman–Crippen LogP) is 5.26. The van der Waals surface area contributed by atoms with E-state index in [0.29, 0.717) is 21.7 Å². The van der Waals surface area contributed by atoms with Gasteiger partial charge in [0.25, 0.3) is 0 Å².